The van der Waals surface area contributed by atoms with Crippen molar-refractivity contribution in [2.45, 2.75) is 0 Å². The Morgan fingerprint density at radius 2 is 2.19 bits per heavy atom. The number of hydrogen-bond donors (Lipinski definition) is 1. The minimum atomic E-state index is 1.10. The lowest BCUT2D eigenvalue weighted by Crippen LogP contribution is -2.45. The predicted octanol–water partition coefficient (Wildman–Crippen LogP) is 1.85. The zero-order valence-corrected chi connectivity index (χ0v) is 12.0. The van der Waals surface area contributed by atoms with Crippen LogP contribution in [0, 0.1) is 0 Å². The lowest BCUT2D eigenvalue weighted by atomic mass is 10.3. The first-order valence-electron chi connectivity index (χ1n) is 5.65. The Morgan fingerprint density at radius 1 is 1.44 bits per heavy atom. The molecule has 1 N–H and O–H groups in total. The molecule has 16 heavy (non-hydrogen) atoms. The summed E-state index contributed by atoms with van der Waals surface area (Å²) in [5.41, 5.74) is 0. The molecule has 1 aromatic heterocycles. The molecule has 2 rings (SSSR count). The minimum Gasteiger partial charge on any atom is -0.365 e. The number of thiophene rings is 1. The molecule has 1 aliphatic rings. The molecule has 0 spiro atoms. The summed E-state index contributed by atoms with van der Waals surface area (Å²) in [6, 6.07) is 4.29. The second-order valence-corrected chi connectivity index (χ2v) is 6.53. The highest BCUT2D eigenvalue weighted by molar-refractivity contribution is 9.11. The van der Waals surface area contributed by atoms with Crippen LogP contribution in [0.15, 0.2) is 15.9 Å². The summed E-state index contributed by atoms with van der Waals surface area (Å²) in [4.78, 5) is 4.85. The van der Waals surface area contributed by atoms with Crippen LogP contribution >= 0.6 is 27.3 Å². The normalized spacial score (nSPS) is 17.6. The van der Waals surface area contributed by atoms with E-state index in [4.69, 9.17) is 0 Å². The molecule has 0 unspecified atom stereocenters. The van der Waals surface area contributed by atoms with Gasteiger partial charge in [-0.15, -0.1) is 11.3 Å². The monoisotopic (exact) mass is 303 g/mol. The number of piperazine rings is 1. The first-order chi connectivity index (χ1) is 7.75. The number of likely N-dealkylation sites (N-methyl/N-ethyl adjacent to an activating group) is 1. The fraction of sp³-hybridized carbons (Fsp3) is 0.636. The summed E-state index contributed by atoms with van der Waals surface area (Å²) in [6.45, 7) is 6.90. The Morgan fingerprint density at radius 3 is 2.81 bits per heavy atom. The first-order valence-corrected chi connectivity index (χ1v) is 7.26. The van der Waals surface area contributed by atoms with Gasteiger partial charge in [-0.2, -0.15) is 0 Å². The van der Waals surface area contributed by atoms with Crippen molar-refractivity contribution in [1.82, 2.24) is 10.2 Å². The van der Waals surface area contributed by atoms with Crippen molar-refractivity contribution in [3.8, 4) is 0 Å². The van der Waals surface area contributed by atoms with E-state index in [1.807, 2.05) is 0 Å². The summed E-state index contributed by atoms with van der Waals surface area (Å²) in [7, 11) is 2.17. The van der Waals surface area contributed by atoms with Crippen molar-refractivity contribution in [1.29, 1.82) is 0 Å². The van der Waals surface area contributed by atoms with E-state index in [1.165, 1.54) is 21.9 Å². The molecule has 0 radical (unpaired) electrons. The average Bonchev–Trinajstić information content (AvgIpc) is 2.74. The van der Waals surface area contributed by atoms with E-state index < -0.39 is 0 Å². The average molecular weight is 304 g/mol. The van der Waals surface area contributed by atoms with E-state index in [-0.39, 0.29) is 0 Å². The van der Waals surface area contributed by atoms with Crippen LogP contribution in [0.25, 0.3) is 0 Å². The van der Waals surface area contributed by atoms with Gasteiger partial charge in [0.05, 0.1) is 8.79 Å². The topological polar surface area (TPSA) is 18.5 Å². The molecule has 0 aromatic carbocycles. The SMILES string of the molecule is CN(CCN1CCNCC1)c1ccc(Br)s1. The molecule has 1 saturated heterocycles. The zero-order chi connectivity index (χ0) is 11.4. The van der Waals surface area contributed by atoms with Gasteiger partial charge >= 0.3 is 0 Å². The lowest BCUT2D eigenvalue weighted by Gasteiger charge is -2.29. The summed E-state index contributed by atoms with van der Waals surface area (Å²) in [5.74, 6) is 0. The summed E-state index contributed by atoms with van der Waals surface area (Å²) in [6.07, 6.45) is 0. The van der Waals surface area contributed by atoms with Gasteiger partial charge in [0, 0.05) is 46.3 Å². The van der Waals surface area contributed by atoms with Crippen LogP contribution < -0.4 is 10.2 Å². The Labute approximate surface area is 110 Å². The third-order valence-electron chi connectivity index (χ3n) is 2.90. The van der Waals surface area contributed by atoms with E-state index in [9.17, 15) is 0 Å². The van der Waals surface area contributed by atoms with E-state index in [0.29, 0.717) is 0 Å². The lowest BCUT2D eigenvalue weighted by molar-refractivity contribution is 0.246. The molecule has 0 atom stereocenters. The van der Waals surface area contributed by atoms with E-state index >= 15 is 0 Å². The van der Waals surface area contributed by atoms with Crippen molar-refractivity contribution < 1.29 is 0 Å². The molecule has 90 valence electrons. The highest BCUT2D eigenvalue weighted by Gasteiger charge is 2.10. The predicted molar refractivity (Wildman–Crippen MR) is 74.6 cm³/mol. The number of hydrogen-bond acceptors (Lipinski definition) is 4. The molecular formula is C11H18BrN3S. The highest BCUT2D eigenvalue weighted by Crippen LogP contribution is 2.28. The number of anilines is 1. The Hall–Kier alpha value is -0.100. The van der Waals surface area contributed by atoms with Crippen LogP contribution in [0.4, 0.5) is 5.00 Å². The van der Waals surface area contributed by atoms with Gasteiger partial charge in [-0.3, -0.25) is 4.90 Å². The van der Waals surface area contributed by atoms with Crippen LogP contribution in [0.3, 0.4) is 0 Å². The molecule has 5 heteroatoms. The second-order valence-electron chi connectivity index (χ2n) is 4.09. The van der Waals surface area contributed by atoms with Gasteiger partial charge in [0.25, 0.3) is 0 Å². The van der Waals surface area contributed by atoms with Crippen LogP contribution in [-0.2, 0) is 0 Å². The summed E-state index contributed by atoms with van der Waals surface area (Å²) >= 11 is 5.30. The largest absolute Gasteiger partial charge is 0.365 e. The fourth-order valence-electron chi connectivity index (χ4n) is 1.85. The first kappa shape index (κ1) is 12.4. The van der Waals surface area contributed by atoms with E-state index in [2.05, 4.69) is 50.2 Å². The van der Waals surface area contributed by atoms with Crippen LogP contribution in [0.2, 0.25) is 0 Å². The summed E-state index contributed by atoms with van der Waals surface area (Å²) in [5, 5.41) is 4.71. The molecule has 1 fully saturated rings. The highest BCUT2D eigenvalue weighted by atomic mass is 79.9. The number of rotatable bonds is 4. The Kier molecular flexibility index (Phi) is 4.64. The third kappa shape index (κ3) is 3.45. The van der Waals surface area contributed by atoms with Crippen molar-refractivity contribution in [2.75, 3.05) is 51.2 Å². The molecule has 0 saturated carbocycles. The van der Waals surface area contributed by atoms with Crippen LogP contribution in [-0.4, -0.2) is 51.2 Å². The van der Waals surface area contributed by atoms with Crippen molar-refractivity contribution in [3.05, 3.63) is 15.9 Å². The van der Waals surface area contributed by atoms with Crippen LogP contribution in [0.1, 0.15) is 0 Å². The smallest absolute Gasteiger partial charge is 0.0918 e. The van der Waals surface area contributed by atoms with Crippen molar-refractivity contribution in [2.24, 2.45) is 0 Å². The van der Waals surface area contributed by atoms with Gasteiger partial charge in [-0.05, 0) is 28.1 Å². The Bertz CT molecular complexity index is 323. The maximum Gasteiger partial charge on any atom is 0.0918 e. The maximum absolute atomic E-state index is 3.50. The molecule has 0 amide bonds. The second kappa shape index (κ2) is 6.00. The molecule has 0 bridgehead atoms. The molecular weight excluding hydrogens is 286 g/mol. The number of nitrogens with one attached hydrogen (secondary N) is 1. The summed E-state index contributed by atoms with van der Waals surface area (Å²) < 4.78 is 1.21. The molecule has 3 nitrogen and oxygen atoms in total. The number of halogens is 1. The molecule has 1 aliphatic heterocycles. The van der Waals surface area contributed by atoms with Gasteiger partial charge < -0.3 is 10.2 Å². The molecule has 0 aliphatic carbocycles. The maximum atomic E-state index is 3.50. The standard InChI is InChI=1S/C11H18BrN3S/c1-14(11-3-2-10(12)16-11)8-9-15-6-4-13-5-7-15/h2-3,13H,4-9H2,1H3. The van der Waals surface area contributed by atoms with Gasteiger partial charge in [0.1, 0.15) is 0 Å². The van der Waals surface area contributed by atoms with Gasteiger partial charge in [0.15, 0.2) is 0 Å². The molecule has 1 aromatic rings. The van der Waals surface area contributed by atoms with Gasteiger partial charge in [-0.1, -0.05) is 0 Å². The van der Waals surface area contributed by atoms with Crippen LogP contribution in [0.5, 0.6) is 0 Å². The van der Waals surface area contributed by atoms with Gasteiger partial charge in [-0.25, -0.2) is 0 Å². The van der Waals surface area contributed by atoms with E-state index in [1.54, 1.807) is 11.3 Å². The van der Waals surface area contributed by atoms with E-state index in [0.717, 1.165) is 26.2 Å². The van der Waals surface area contributed by atoms with Crippen molar-refractivity contribution in [3.63, 3.8) is 0 Å². The van der Waals surface area contributed by atoms with Crippen molar-refractivity contribution >= 4 is 32.3 Å². The quantitative estimate of drug-likeness (QED) is 0.916. The minimum absolute atomic E-state index is 1.10. The van der Waals surface area contributed by atoms with Gasteiger partial charge in [0.2, 0.25) is 0 Å². The fourth-order valence-corrected chi connectivity index (χ4v) is 3.20. The number of nitrogens with zero attached hydrogens (tertiary/aromatic N) is 2. The zero-order valence-electron chi connectivity index (χ0n) is 9.58. The molecule has 2 heterocycles. The third-order valence-corrected chi connectivity index (χ3v) is 4.63. The Balaban J connectivity index is 1.76.